The number of hydrogen-bond donors (Lipinski definition) is 0. The van der Waals surface area contributed by atoms with E-state index in [-0.39, 0.29) is 17.9 Å². The zero-order valence-corrected chi connectivity index (χ0v) is 19.2. The van der Waals surface area contributed by atoms with Gasteiger partial charge >= 0.3 is 0 Å². The third kappa shape index (κ3) is 4.48. The maximum absolute atomic E-state index is 13.6. The van der Waals surface area contributed by atoms with Crippen LogP contribution in [0.5, 0.6) is 5.75 Å². The second-order valence-corrected chi connectivity index (χ2v) is 8.89. The number of aryl methyl sites for hydroxylation is 1. The third-order valence-corrected chi connectivity index (χ3v) is 6.28. The molecule has 2 amide bonds. The van der Waals surface area contributed by atoms with Crippen LogP contribution in [0.25, 0.3) is 5.57 Å². The molecule has 0 aliphatic carbocycles. The molecule has 0 atom stereocenters. The van der Waals surface area contributed by atoms with E-state index in [1.54, 1.807) is 0 Å². The summed E-state index contributed by atoms with van der Waals surface area (Å²) < 4.78 is 5.73. The number of para-hydroxylation sites is 1. The summed E-state index contributed by atoms with van der Waals surface area (Å²) in [4.78, 5) is 28.8. The van der Waals surface area contributed by atoms with Gasteiger partial charge < -0.3 is 4.74 Å². The van der Waals surface area contributed by atoms with Crippen molar-refractivity contribution in [1.29, 1.82) is 0 Å². The number of thioether (sulfide) groups is 1. The fourth-order valence-corrected chi connectivity index (χ4v) is 4.70. The number of nitrogens with zero attached hydrogens (tertiary/aromatic N) is 1. The minimum absolute atomic E-state index is 0.0586. The Kier molecular flexibility index (Phi) is 6.47. The van der Waals surface area contributed by atoms with Gasteiger partial charge in [-0.1, -0.05) is 60.7 Å². The lowest BCUT2D eigenvalue weighted by Gasteiger charge is -2.17. The summed E-state index contributed by atoms with van der Waals surface area (Å²) in [5.74, 6) is 0.769. The Hall–Kier alpha value is -3.31. The Labute approximate surface area is 192 Å². The number of carbonyl (C=O) groups is 2. The highest BCUT2D eigenvalue weighted by Crippen LogP contribution is 2.40. The van der Waals surface area contributed by atoms with Gasteiger partial charge in [-0.25, -0.2) is 4.90 Å². The lowest BCUT2D eigenvalue weighted by atomic mass is 10.1. The standard InChI is InChI=1S/C27H25NO3S/c1-18(2)31-22-15-13-21(14-16-22)24-25(32-17-20-10-5-4-6-11-20)27(30)28(26(24)29)23-12-8-7-9-19(23)3/h4-16,18H,17H2,1-3H3. The lowest BCUT2D eigenvalue weighted by Crippen LogP contribution is -2.31. The maximum Gasteiger partial charge on any atom is 0.272 e. The first-order valence-corrected chi connectivity index (χ1v) is 11.6. The molecule has 1 aliphatic rings. The number of imide groups is 1. The summed E-state index contributed by atoms with van der Waals surface area (Å²) in [5, 5.41) is 0. The Morgan fingerprint density at radius 1 is 0.844 bits per heavy atom. The maximum atomic E-state index is 13.6. The normalized spacial score (nSPS) is 13.9. The van der Waals surface area contributed by atoms with E-state index in [2.05, 4.69) is 0 Å². The van der Waals surface area contributed by atoms with E-state index in [1.165, 1.54) is 16.7 Å². The molecule has 0 saturated carbocycles. The van der Waals surface area contributed by atoms with Crippen molar-refractivity contribution in [3.63, 3.8) is 0 Å². The van der Waals surface area contributed by atoms with E-state index < -0.39 is 0 Å². The van der Waals surface area contributed by atoms with Crippen LogP contribution < -0.4 is 9.64 Å². The van der Waals surface area contributed by atoms with Crippen molar-refractivity contribution in [1.82, 2.24) is 0 Å². The van der Waals surface area contributed by atoms with Crippen molar-refractivity contribution in [2.45, 2.75) is 32.6 Å². The van der Waals surface area contributed by atoms with Crippen molar-refractivity contribution in [3.8, 4) is 5.75 Å². The molecule has 1 heterocycles. The predicted octanol–water partition coefficient (Wildman–Crippen LogP) is 6.00. The molecule has 0 unspecified atom stereocenters. The van der Waals surface area contributed by atoms with E-state index in [0.29, 0.717) is 27.5 Å². The molecule has 4 nitrogen and oxygen atoms in total. The molecule has 0 spiro atoms. The summed E-state index contributed by atoms with van der Waals surface area (Å²) in [6, 6.07) is 24.8. The van der Waals surface area contributed by atoms with Crippen LogP contribution in [-0.4, -0.2) is 17.9 Å². The zero-order chi connectivity index (χ0) is 22.7. The van der Waals surface area contributed by atoms with E-state index in [0.717, 1.165) is 16.9 Å². The van der Waals surface area contributed by atoms with Gasteiger partial charge in [0.05, 0.1) is 22.3 Å². The van der Waals surface area contributed by atoms with Crippen molar-refractivity contribution in [2.75, 3.05) is 4.90 Å². The van der Waals surface area contributed by atoms with Gasteiger partial charge in [-0.05, 0) is 55.7 Å². The summed E-state index contributed by atoms with van der Waals surface area (Å²) >= 11 is 1.41. The first kappa shape index (κ1) is 21.9. The van der Waals surface area contributed by atoms with Crippen LogP contribution in [0.15, 0.2) is 83.8 Å². The monoisotopic (exact) mass is 443 g/mol. The molecule has 0 N–H and O–H groups in total. The fourth-order valence-electron chi connectivity index (χ4n) is 3.63. The average Bonchev–Trinajstić information content (AvgIpc) is 3.03. The average molecular weight is 444 g/mol. The summed E-state index contributed by atoms with van der Waals surface area (Å²) in [5.41, 5.74) is 3.75. The number of ether oxygens (including phenoxy) is 1. The topological polar surface area (TPSA) is 46.6 Å². The molecule has 0 bridgehead atoms. The van der Waals surface area contributed by atoms with Crippen molar-refractivity contribution in [2.24, 2.45) is 0 Å². The smallest absolute Gasteiger partial charge is 0.272 e. The second kappa shape index (κ2) is 9.45. The van der Waals surface area contributed by atoms with Crippen LogP contribution in [0.1, 0.15) is 30.5 Å². The lowest BCUT2D eigenvalue weighted by molar-refractivity contribution is -0.119. The minimum Gasteiger partial charge on any atom is -0.491 e. The molecular weight excluding hydrogens is 418 g/mol. The summed E-state index contributed by atoms with van der Waals surface area (Å²) in [6.07, 6.45) is 0.0586. The second-order valence-electron chi connectivity index (χ2n) is 7.90. The minimum atomic E-state index is -0.294. The van der Waals surface area contributed by atoms with Gasteiger partial charge in [0.15, 0.2) is 0 Å². The van der Waals surface area contributed by atoms with E-state index >= 15 is 0 Å². The van der Waals surface area contributed by atoms with Crippen LogP contribution >= 0.6 is 11.8 Å². The van der Waals surface area contributed by atoms with Gasteiger partial charge in [-0.2, -0.15) is 0 Å². The van der Waals surface area contributed by atoms with Crippen molar-refractivity contribution < 1.29 is 14.3 Å². The van der Waals surface area contributed by atoms with Crippen LogP contribution in [0.2, 0.25) is 0 Å². The van der Waals surface area contributed by atoms with E-state index in [1.807, 2.05) is 99.6 Å². The Bertz CT molecular complexity index is 1170. The fraction of sp³-hybridized carbons (Fsp3) is 0.185. The van der Waals surface area contributed by atoms with Gasteiger partial charge in [0, 0.05) is 5.75 Å². The molecule has 5 heteroatoms. The molecule has 0 aromatic heterocycles. The first-order chi connectivity index (χ1) is 15.5. The highest BCUT2D eigenvalue weighted by molar-refractivity contribution is 8.03. The third-order valence-electron chi connectivity index (χ3n) is 5.14. The van der Waals surface area contributed by atoms with Crippen molar-refractivity contribution >= 4 is 34.8 Å². The largest absolute Gasteiger partial charge is 0.491 e. The Morgan fingerprint density at radius 3 is 2.16 bits per heavy atom. The molecule has 1 aliphatic heterocycles. The van der Waals surface area contributed by atoms with Crippen LogP contribution in [0.3, 0.4) is 0 Å². The highest BCUT2D eigenvalue weighted by Gasteiger charge is 2.40. The van der Waals surface area contributed by atoms with Crippen LogP contribution in [0.4, 0.5) is 5.69 Å². The quantitative estimate of drug-likeness (QED) is 0.420. The van der Waals surface area contributed by atoms with Crippen LogP contribution in [-0.2, 0) is 15.3 Å². The molecule has 0 saturated heterocycles. The number of rotatable bonds is 7. The molecule has 0 radical (unpaired) electrons. The number of benzene rings is 3. The van der Waals surface area contributed by atoms with Gasteiger partial charge in [0.2, 0.25) is 0 Å². The van der Waals surface area contributed by atoms with Crippen LogP contribution in [0, 0.1) is 6.92 Å². The Morgan fingerprint density at radius 2 is 1.50 bits per heavy atom. The number of amides is 2. The van der Waals surface area contributed by atoms with Gasteiger partial charge in [-0.15, -0.1) is 11.8 Å². The van der Waals surface area contributed by atoms with E-state index in [9.17, 15) is 9.59 Å². The molecule has 4 rings (SSSR count). The molecule has 3 aromatic rings. The molecule has 0 fully saturated rings. The highest BCUT2D eigenvalue weighted by atomic mass is 32.2. The molecule has 32 heavy (non-hydrogen) atoms. The van der Waals surface area contributed by atoms with Gasteiger partial charge in [0.25, 0.3) is 11.8 Å². The van der Waals surface area contributed by atoms with Gasteiger partial charge in [-0.3, -0.25) is 9.59 Å². The molecule has 3 aromatic carbocycles. The first-order valence-electron chi connectivity index (χ1n) is 10.6. The number of carbonyl (C=O) groups excluding carboxylic acids is 2. The van der Waals surface area contributed by atoms with E-state index in [4.69, 9.17) is 4.74 Å². The Balaban J connectivity index is 1.73. The summed E-state index contributed by atoms with van der Waals surface area (Å²) in [7, 11) is 0. The SMILES string of the molecule is Cc1ccccc1N1C(=O)C(SCc2ccccc2)=C(c2ccc(OC(C)C)cc2)C1=O. The molecule has 162 valence electrons. The summed E-state index contributed by atoms with van der Waals surface area (Å²) in [6.45, 7) is 5.84. The van der Waals surface area contributed by atoms with Crippen molar-refractivity contribution in [3.05, 3.63) is 100 Å². The zero-order valence-electron chi connectivity index (χ0n) is 18.4. The number of hydrogen-bond acceptors (Lipinski definition) is 4. The van der Waals surface area contributed by atoms with Gasteiger partial charge in [0.1, 0.15) is 5.75 Å². The molecular formula is C27H25NO3S. The number of anilines is 1. The predicted molar refractivity (Wildman–Crippen MR) is 131 cm³/mol.